The van der Waals surface area contributed by atoms with Gasteiger partial charge in [-0.15, -0.1) is 0 Å². The standard InChI is InChI=1S/C57H35N5S/c1-4-15-36(16-5-1)41-30-32-44(47(35-41)37-17-6-2-7-18-37)56-59-54(38-19-8-3-9-20-38)58-55(60-56)42-28-27-40-34-43(31-29-39(40)33-42)61-48-23-11-10-21-45(48)52-46-22-14-26-51-53(46)62(57(52)61)49-24-12-13-25-50(49)63-51/h1-35H. The van der Waals surface area contributed by atoms with Crippen molar-refractivity contribution < 1.29 is 0 Å². The molecule has 4 heterocycles. The van der Waals surface area contributed by atoms with Crippen molar-refractivity contribution in [2.24, 2.45) is 0 Å². The summed E-state index contributed by atoms with van der Waals surface area (Å²) in [5, 5.41) is 6.04. The highest BCUT2D eigenvalue weighted by molar-refractivity contribution is 7.99. The lowest BCUT2D eigenvalue weighted by Gasteiger charge is -2.21. The van der Waals surface area contributed by atoms with Crippen molar-refractivity contribution >= 4 is 55.4 Å². The number of fused-ring (bicyclic) bond motifs is 8. The van der Waals surface area contributed by atoms with Crippen LogP contribution in [-0.4, -0.2) is 24.1 Å². The first-order chi connectivity index (χ1) is 31.2. The van der Waals surface area contributed by atoms with Gasteiger partial charge in [0, 0.05) is 48.3 Å². The summed E-state index contributed by atoms with van der Waals surface area (Å²) in [5.41, 5.74) is 13.2. The molecule has 0 amide bonds. The number of hydrogen-bond acceptors (Lipinski definition) is 4. The minimum atomic E-state index is 0.625. The van der Waals surface area contributed by atoms with Crippen LogP contribution in [0.3, 0.4) is 0 Å². The van der Waals surface area contributed by atoms with Crippen LogP contribution in [0, 0.1) is 0 Å². The number of nitrogens with zero attached hydrogens (tertiary/aromatic N) is 5. The molecule has 0 bridgehead atoms. The Balaban J connectivity index is 0.977. The van der Waals surface area contributed by atoms with E-state index >= 15 is 0 Å². The molecule has 1 aliphatic heterocycles. The topological polar surface area (TPSA) is 48.5 Å². The van der Waals surface area contributed by atoms with Crippen LogP contribution in [0.4, 0.5) is 0 Å². The molecule has 12 aromatic rings. The van der Waals surface area contributed by atoms with E-state index < -0.39 is 0 Å². The molecule has 0 radical (unpaired) electrons. The van der Waals surface area contributed by atoms with Gasteiger partial charge in [0.25, 0.3) is 0 Å². The largest absolute Gasteiger partial charge is 0.295 e. The predicted octanol–water partition coefficient (Wildman–Crippen LogP) is 14.9. The molecule has 0 unspecified atom stereocenters. The summed E-state index contributed by atoms with van der Waals surface area (Å²) >= 11 is 1.86. The van der Waals surface area contributed by atoms with E-state index in [9.17, 15) is 0 Å². The lowest BCUT2D eigenvalue weighted by atomic mass is 9.94. The van der Waals surface area contributed by atoms with Gasteiger partial charge in [0.1, 0.15) is 5.65 Å². The van der Waals surface area contributed by atoms with Gasteiger partial charge in [0.15, 0.2) is 17.5 Å². The van der Waals surface area contributed by atoms with Crippen molar-refractivity contribution in [2.45, 2.75) is 9.79 Å². The van der Waals surface area contributed by atoms with Crippen LogP contribution >= 0.6 is 11.8 Å². The fourth-order valence-corrected chi connectivity index (χ4v) is 10.5. The Hall–Kier alpha value is -8.06. The first kappa shape index (κ1) is 35.7. The summed E-state index contributed by atoms with van der Waals surface area (Å²) in [7, 11) is 0. The van der Waals surface area contributed by atoms with Gasteiger partial charge in [-0.25, -0.2) is 15.0 Å². The molecule has 0 saturated heterocycles. The van der Waals surface area contributed by atoms with Crippen molar-refractivity contribution in [3.8, 4) is 67.8 Å². The zero-order valence-electron chi connectivity index (χ0n) is 33.9. The van der Waals surface area contributed by atoms with E-state index in [1.54, 1.807) is 0 Å². The van der Waals surface area contributed by atoms with Crippen molar-refractivity contribution in [3.63, 3.8) is 0 Å². The number of aromatic nitrogens is 5. The molecular weight excluding hydrogens is 787 g/mol. The summed E-state index contributed by atoms with van der Waals surface area (Å²) in [5.74, 6) is 1.88. The van der Waals surface area contributed by atoms with Crippen molar-refractivity contribution in [3.05, 3.63) is 212 Å². The molecule has 294 valence electrons. The highest BCUT2D eigenvalue weighted by atomic mass is 32.2. The third kappa shape index (κ3) is 5.76. The summed E-state index contributed by atoms with van der Waals surface area (Å²) in [6.07, 6.45) is 0. The van der Waals surface area contributed by atoms with Crippen molar-refractivity contribution in [2.75, 3.05) is 0 Å². The minimum absolute atomic E-state index is 0.625. The molecule has 63 heavy (non-hydrogen) atoms. The average molecular weight is 822 g/mol. The van der Waals surface area contributed by atoms with Crippen LogP contribution in [0.15, 0.2) is 222 Å². The van der Waals surface area contributed by atoms with E-state index in [1.807, 2.05) is 30.0 Å². The maximum absolute atomic E-state index is 5.26. The minimum Gasteiger partial charge on any atom is -0.295 e. The Labute approximate surface area is 367 Å². The van der Waals surface area contributed by atoms with Crippen LogP contribution in [0.25, 0.3) is 111 Å². The van der Waals surface area contributed by atoms with Gasteiger partial charge in [0.2, 0.25) is 0 Å². The summed E-state index contributed by atoms with van der Waals surface area (Å²) in [6, 6.07) is 75.4. The van der Waals surface area contributed by atoms with Crippen LogP contribution < -0.4 is 0 Å². The number of benzene rings is 9. The zero-order chi connectivity index (χ0) is 41.4. The maximum Gasteiger partial charge on any atom is 0.164 e. The van der Waals surface area contributed by atoms with E-state index in [0.29, 0.717) is 17.5 Å². The lowest BCUT2D eigenvalue weighted by Crippen LogP contribution is -2.05. The molecule has 1 aliphatic rings. The second-order valence-electron chi connectivity index (χ2n) is 16.0. The molecule has 9 aromatic carbocycles. The highest BCUT2D eigenvalue weighted by Gasteiger charge is 2.28. The maximum atomic E-state index is 5.26. The summed E-state index contributed by atoms with van der Waals surface area (Å²) in [6.45, 7) is 0. The predicted molar refractivity (Wildman–Crippen MR) is 260 cm³/mol. The Morgan fingerprint density at radius 3 is 1.81 bits per heavy atom. The van der Waals surface area contributed by atoms with Gasteiger partial charge in [-0.3, -0.25) is 9.13 Å². The number of rotatable bonds is 6. The molecule has 6 heteroatoms. The van der Waals surface area contributed by atoms with Gasteiger partial charge < -0.3 is 0 Å². The highest BCUT2D eigenvalue weighted by Crippen LogP contribution is 2.49. The Bertz CT molecular complexity index is 3760. The first-order valence-corrected chi connectivity index (χ1v) is 22.0. The SMILES string of the molecule is c1ccc(-c2ccc(-c3nc(-c4ccccc4)nc(-c4ccc5cc(-n6c7ccccc7c7c8cccc9c8n(c76)-c6ccccc6S9)ccc5c4)n3)c(-c3ccccc3)c2)cc1. The molecule has 0 N–H and O–H groups in total. The third-order valence-corrected chi connectivity index (χ3v) is 13.5. The lowest BCUT2D eigenvalue weighted by molar-refractivity contribution is 1.03. The summed E-state index contributed by atoms with van der Waals surface area (Å²) < 4.78 is 4.94. The van der Waals surface area contributed by atoms with E-state index in [-0.39, 0.29) is 0 Å². The molecule has 0 atom stereocenters. The van der Waals surface area contributed by atoms with Crippen LogP contribution in [0.5, 0.6) is 0 Å². The fraction of sp³-hybridized carbons (Fsp3) is 0. The molecule has 5 nitrogen and oxygen atoms in total. The van der Waals surface area contributed by atoms with E-state index in [4.69, 9.17) is 15.0 Å². The van der Waals surface area contributed by atoms with Crippen molar-refractivity contribution in [1.29, 1.82) is 0 Å². The van der Waals surface area contributed by atoms with Gasteiger partial charge in [0.05, 0.1) is 16.7 Å². The first-order valence-electron chi connectivity index (χ1n) is 21.2. The third-order valence-electron chi connectivity index (χ3n) is 12.3. The van der Waals surface area contributed by atoms with Gasteiger partial charge in [-0.1, -0.05) is 169 Å². The fourth-order valence-electron chi connectivity index (χ4n) is 9.45. The Kier molecular flexibility index (Phi) is 8.08. The van der Waals surface area contributed by atoms with E-state index in [2.05, 4.69) is 203 Å². The van der Waals surface area contributed by atoms with E-state index in [0.717, 1.165) is 55.4 Å². The number of hydrogen-bond donors (Lipinski definition) is 0. The normalized spacial score (nSPS) is 12.1. The molecule has 0 saturated carbocycles. The molecular formula is C57H35N5S. The second kappa shape index (κ2) is 14.3. The Morgan fingerprint density at radius 2 is 0.984 bits per heavy atom. The monoisotopic (exact) mass is 821 g/mol. The molecule has 3 aromatic heterocycles. The van der Waals surface area contributed by atoms with Crippen molar-refractivity contribution in [1.82, 2.24) is 24.1 Å². The average Bonchev–Trinajstić information content (AvgIpc) is 3.88. The molecule has 0 fully saturated rings. The number of para-hydroxylation sites is 3. The molecule has 13 rings (SSSR count). The smallest absolute Gasteiger partial charge is 0.164 e. The molecule has 0 spiro atoms. The van der Waals surface area contributed by atoms with Crippen LogP contribution in [0.1, 0.15) is 0 Å². The zero-order valence-corrected chi connectivity index (χ0v) is 34.7. The van der Waals surface area contributed by atoms with Gasteiger partial charge in [-0.05, 0) is 87.6 Å². The summed E-state index contributed by atoms with van der Waals surface area (Å²) in [4.78, 5) is 18.1. The van der Waals surface area contributed by atoms with Gasteiger partial charge in [-0.2, -0.15) is 0 Å². The Morgan fingerprint density at radius 1 is 0.365 bits per heavy atom. The van der Waals surface area contributed by atoms with Crippen LogP contribution in [-0.2, 0) is 0 Å². The second-order valence-corrected chi connectivity index (χ2v) is 17.1. The van der Waals surface area contributed by atoms with Gasteiger partial charge >= 0.3 is 0 Å². The van der Waals surface area contributed by atoms with E-state index in [1.165, 1.54) is 48.3 Å². The quantitative estimate of drug-likeness (QED) is 0.168. The molecule has 0 aliphatic carbocycles. The van der Waals surface area contributed by atoms with Crippen LogP contribution in [0.2, 0.25) is 0 Å².